The van der Waals surface area contributed by atoms with Crippen LogP contribution < -0.4 is 0 Å². The van der Waals surface area contributed by atoms with Crippen molar-refractivity contribution in [1.29, 1.82) is 0 Å². The van der Waals surface area contributed by atoms with Crippen LogP contribution >= 0.6 is 11.6 Å². The second-order valence-corrected chi connectivity index (χ2v) is 5.52. The van der Waals surface area contributed by atoms with Gasteiger partial charge in [-0.15, -0.1) is 0 Å². The first-order valence-electron chi connectivity index (χ1n) is 6.80. The van der Waals surface area contributed by atoms with E-state index < -0.39 is 0 Å². The summed E-state index contributed by atoms with van der Waals surface area (Å²) >= 11 is 5.76. The highest BCUT2D eigenvalue weighted by Gasteiger charge is 2.36. The fourth-order valence-electron chi connectivity index (χ4n) is 3.02. The first kappa shape index (κ1) is 12.9. The van der Waals surface area contributed by atoms with Crippen LogP contribution in [-0.4, -0.2) is 41.1 Å². The van der Waals surface area contributed by atoms with Crippen LogP contribution in [0.2, 0.25) is 5.15 Å². The maximum absolute atomic E-state index is 12.6. The van der Waals surface area contributed by atoms with Crippen LogP contribution in [0, 0.1) is 0 Å². The van der Waals surface area contributed by atoms with Gasteiger partial charge in [0.05, 0.1) is 24.3 Å². The number of pyridine rings is 1. The summed E-state index contributed by atoms with van der Waals surface area (Å²) in [6.07, 6.45) is 6.24. The molecule has 3 rings (SSSR count). The molecule has 1 aromatic rings. The Morgan fingerprint density at radius 2 is 2.21 bits per heavy atom. The molecule has 0 N–H and O–H groups in total. The monoisotopic (exact) mass is 280 g/mol. The summed E-state index contributed by atoms with van der Waals surface area (Å²) in [6.45, 7) is 1.30. The molecular weight excluding hydrogens is 264 g/mol. The van der Waals surface area contributed by atoms with E-state index in [-0.39, 0.29) is 18.1 Å². The Bertz CT molecular complexity index is 461. The molecule has 1 aliphatic carbocycles. The number of hydrogen-bond acceptors (Lipinski definition) is 3. The molecule has 5 heteroatoms. The normalized spacial score (nSPS) is 26.9. The van der Waals surface area contributed by atoms with E-state index in [1.54, 1.807) is 18.3 Å². The molecule has 4 nitrogen and oxygen atoms in total. The smallest absolute Gasteiger partial charge is 0.255 e. The number of hydrogen-bond donors (Lipinski definition) is 0. The third-order valence-corrected chi connectivity index (χ3v) is 4.19. The molecule has 0 spiro atoms. The van der Waals surface area contributed by atoms with Crippen molar-refractivity contribution >= 4 is 17.5 Å². The van der Waals surface area contributed by atoms with Crippen LogP contribution in [0.5, 0.6) is 0 Å². The first-order valence-corrected chi connectivity index (χ1v) is 7.17. The number of aromatic nitrogens is 1. The lowest BCUT2D eigenvalue weighted by Gasteiger charge is -2.43. The number of amides is 1. The fourth-order valence-corrected chi connectivity index (χ4v) is 3.13. The molecule has 19 heavy (non-hydrogen) atoms. The molecule has 2 fully saturated rings. The van der Waals surface area contributed by atoms with Crippen molar-refractivity contribution in [3.05, 3.63) is 29.0 Å². The summed E-state index contributed by atoms with van der Waals surface area (Å²) in [5, 5.41) is 0.411. The Kier molecular flexibility index (Phi) is 3.71. The lowest BCUT2D eigenvalue weighted by Crippen LogP contribution is -2.54. The quantitative estimate of drug-likeness (QED) is 0.743. The molecule has 0 radical (unpaired) electrons. The molecule has 1 amide bonds. The Balaban J connectivity index is 1.79. The van der Waals surface area contributed by atoms with Crippen LogP contribution in [0.1, 0.15) is 36.0 Å². The van der Waals surface area contributed by atoms with Crippen LogP contribution in [-0.2, 0) is 4.74 Å². The van der Waals surface area contributed by atoms with Crippen LogP contribution in [0.25, 0.3) is 0 Å². The first-order chi connectivity index (χ1) is 9.25. The van der Waals surface area contributed by atoms with E-state index in [9.17, 15) is 4.79 Å². The fraction of sp³-hybridized carbons (Fsp3) is 0.571. The zero-order chi connectivity index (χ0) is 13.2. The van der Waals surface area contributed by atoms with Gasteiger partial charge in [-0.25, -0.2) is 4.98 Å². The molecule has 1 saturated carbocycles. The van der Waals surface area contributed by atoms with Crippen molar-refractivity contribution < 1.29 is 9.53 Å². The van der Waals surface area contributed by atoms with E-state index in [2.05, 4.69) is 4.98 Å². The molecule has 2 aliphatic rings. The molecule has 0 aromatic carbocycles. The summed E-state index contributed by atoms with van der Waals surface area (Å²) in [5.74, 6) is 0.0457. The summed E-state index contributed by atoms with van der Waals surface area (Å²) in [4.78, 5) is 18.5. The Labute approximate surface area is 117 Å². The number of halogens is 1. The minimum atomic E-state index is 0.0457. The van der Waals surface area contributed by atoms with Gasteiger partial charge in [0.2, 0.25) is 0 Å². The third kappa shape index (κ3) is 2.60. The van der Waals surface area contributed by atoms with E-state index >= 15 is 0 Å². The van der Waals surface area contributed by atoms with Crippen molar-refractivity contribution in [3.63, 3.8) is 0 Å². The Hall–Kier alpha value is -1.13. The summed E-state index contributed by atoms with van der Waals surface area (Å²) in [6, 6.07) is 3.63. The van der Waals surface area contributed by atoms with Crippen molar-refractivity contribution in [2.75, 3.05) is 13.2 Å². The molecule has 1 aliphatic heterocycles. The zero-order valence-electron chi connectivity index (χ0n) is 10.7. The number of carbonyl (C=O) groups is 1. The standard InChI is InChI=1S/C14H17ClN2O2/c15-13-6-5-10(9-16-13)14(18)17-7-8-19-12-4-2-1-3-11(12)17/h5-6,9,11-12H,1-4,7-8H2. The second kappa shape index (κ2) is 5.47. The summed E-state index contributed by atoms with van der Waals surface area (Å²) in [5.41, 5.74) is 0.607. The molecule has 0 bridgehead atoms. The van der Waals surface area contributed by atoms with Crippen molar-refractivity contribution in [3.8, 4) is 0 Å². The summed E-state index contributed by atoms with van der Waals surface area (Å²) < 4.78 is 5.79. The minimum Gasteiger partial charge on any atom is -0.374 e. The number of carbonyl (C=O) groups excluding carboxylic acids is 1. The number of rotatable bonds is 1. The third-order valence-electron chi connectivity index (χ3n) is 3.97. The van der Waals surface area contributed by atoms with Crippen LogP contribution in [0.3, 0.4) is 0 Å². The van der Waals surface area contributed by atoms with Crippen molar-refractivity contribution in [2.24, 2.45) is 0 Å². The second-order valence-electron chi connectivity index (χ2n) is 5.13. The lowest BCUT2D eigenvalue weighted by molar-refractivity contribution is -0.0752. The highest BCUT2D eigenvalue weighted by Crippen LogP contribution is 2.29. The summed E-state index contributed by atoms with van der Waals surface area (Å²) in [7, 11) is 0. The van der Waals surface area contributed by atoms with Gasteiger partial charge >= 0.3 is 0 Å². The van der Waals surface area contributed by atoms with E-state index in [0.717, 1.165) is 12.8 Å². The van der Waals surface area contributed by atoms with Gasteiger partial charge in [-0.3, -0.25) is 4.79 Å². The number of fused-ring (bicyclic) bond motifs is 1. The average molecular weight is 281 g/mol. The number of morpholine rings is 1. The topological polar surface area (TPSA) is 42.4 Å². The maximum Gasteiger partial charge on any atom is 0.255 e. The van der Waals surface area contributed by atoms with E-state index in [4.69, 9.17) is 16.3 Å². The van der Waals surface area contributed by atoms with E-state index in [1.807, 2.05) is 4.90 Å². The van der Waals surface area contributed by atoms with Gasteiger partial charge in [0.25, 0.3) is 5.91 Å². The largest absolute Gasteiger partial charge is 0.374 e. The molecular formula is C14H17ClN2O2. The van der Waals surface area contributed by atoms with E-state index in [1.165, 1.54) is 12.8 Å². The van der Waals surface area contributed by atoms with E-state index in [0.29, 0.717) is 23.9 Å². The SMILES string of the molecule is O=C(c1ccc(Cl)nc1)N1CCOC2CCCCC21. The van der Waals surface area contributed by atoms with Crippen LogP contribution in [0.15, 0.2) is 18.3 Å². The van der Waals surface area contributed by atoms with Crippen molar-refractivity contribution in [1.82, 2.24) is 9.88 Å². The molecule has 1 aromatic heterocycles. The molecule has 2 atom stereocenters. The van der Waals surface area contributed by atoms with Crippen LogP contribution in [0.4, 0.5) is 0 Å². The Morgan fingerprint density at radius 3 is 3.00 bits per heavy atom. The van der Waals surface area contributed by atoms with Gasteiger partial charge in [-0.05, 0) is 25.0 Å². The average Bonchev–Trinajstić information content (AvgIpc) is 2.47. The Morgan fingerprint density at radius 1 is 1.37 bits per heavy atom. The predicted molar refractivity (Wildman–Crippen MR) is 72.3 cm³/mol. The lowest BCUT2D eigenvalue weighted by atomic mass is 9.90. The number of nitrogens with zero attached hydrogens (tertiary/aromatic N) is 2. The molecule has 102 valence electrons. The highest BCUT2D eigenvalue weighted by atomic mass is 35.5. The molecule has 2 unspecified atom stereocenters. The maximum atomic E-state index is 12.6. The van der Waals surface area contributed by atoms with Crippen molar-refractivity contribution in [2.45, 2.75) is 37.8 Å². The zero-order valence-corrected chi connectivity index (χ0v) is 11.5. The van der Waals surface area contributed by atoms with Gasteiger partial charge < -0.3 is 9.64 Å². The van der Waals surface area contributed by atoms with Gasteiger partial charge in [-0.2, -0.15) is 0 Å². The predicted octanol–water partition coefficient (Wildman–Crippen LogP) is 2.52. The molecule has 1 saturated heterocycles. The number of ether oxygens (including phenoxy) is 1. The van der Waals surface area contributed by atoms with Gasteiger partial charge in [-0.1, -0.05) is 24.4 Å². The highest BCUT2D eigenvalue weighted by molar-refractivity contribution is 6.29. The molecule has 2 heterocycles. The van der Waals surface area contributed by atoms with Gasteiger partial charge in [0, 0.05) is 12.7 Å². The minimum absolute atomic E-state index is 0.0457. The van der Waals surface area contributed by atoms with Gasteiger partial charge in [0.15, 0.2) is 0 Å². The van der Waals surface area contributed by atoms with Gasteiger partial charge in [0.1, 0.15) is 5.15 Å².